The van der Waals surface area contributed by atoms with Crippen LogP contribution in [0, 0.1) is 0 Å². The van der Waals surface area contributed by atoms with E-state index in [4.69, 9.17) is 0 Å². The van der Waals surface area contributed by atoms with Gasteiger partial charge in [-0.1, -0.05) is 18.2 Å². The van der Waals surface area contributed by atoms with Gasteiger partial charge in [-0.3, -0.25) is 4.90 Å². The topological polar surface area (TPSA) is 24.5 Å². The van der Waals surface area contributed by atoms with Crippen LogP contribution in [-0.4, -0.2) is 44.1 Å². The number of para-hydroxylation sites is 1. The molecule has 7 heteroatoms. The molecule has 1 fully saturated rings. The minimum Gasteiger partial charge on any atom is -0.434 e. The molecule has 1 saturated heterocycles. The van der Waals surface area contributed by atoms with Crippen LogP contribution >= 0.6 is 0 Å². The van der Waals surface area contributed by atoms with Crippen LogP contribution in [0.3, 0.4) is 0 Å². The van der Waals surface area contributed by atoms with E-state index >= 15 is 0 Å². The normalized spacial score (nSPS) is 18.5. The molecule has 3 nitrogen and oxygen atoms in total. The van der Waals surface area contributed by atoms with Crippen molar-refractivity contribution in [2.45, 2.75) is 19.1 Å². The predicted octanol–water partition coefficient (Wildman–Crippen LogP) is 2.50. The third-order valence-electron chi connectivity index (χ3n) is 3.24. The molecule has 1 N–H and O–H groups in total. The summed E-state index contributed by atoms with van der Waals surface area (Å²) in [6.07, 6.45) is -2.67. The monoisotopic (exact) mass is 292 g/mol. The number of nitrogens with one attached hydrogen (secondary N) is 1. The van der Waals surface area contributed by atoms with E-state index in [-0.39, 0.29) is 11.3 Å². The van der Waals surface area contributed by atoms with Gasteiger partial charge in [-0.25, -0.2) is 8.78 Å². The van der Waals surface area contributed by atoms with E-state index in [0.29, 0.717) is 26.2 Å². The number of alkyl halides is 4. The summed E-state index contributed by atoms with van der Waals surface area (Å²) in [5.74, 6) is -0.189. The average molecular weight is 292 g/mol. The highest BCUT2D eigenvalue weighted by atomic mass is 19.3. The second-order valence-corrected chi connectivity index (χ2v) is 4.48. The van der Waals surface area contributed by atoms with Crippen molar-refractivity contribution in [2.75, 3.05) is 26.2 Å². The van der Waals surface area contributed by atoms with Crippen LogP contribution in [0.5, 0.6) is 5.75 Å². The van der Waals surface area contributed by atoms with Crippen molar-refractivity contribution in [1.82, 2.24) is 10.2 Å². The Balaban J connectivity index is 2.28. The molecule has 0 radical (unpaired) electrons. The fourth-order valence-corrected chi connectivity index (χ4v) is 2.38. The highest BCUT2D eigenvalue weighted by molar-refractivity contribution is 5.36. The first kappa shape index (κ1) is 15.1. The first-order chi connectivity index (χ1) is 9.59. The molecule has 1 aliphatic rings. The van der Waals surface area contributed by atoms with Crippen molar-refractivity contribution < 1.29 is 22.3 Å². The Morgan fingerprint density at radius 3 is 2.30 bits per heavy atom. The molecular weight excluding hydrogens is 276 g/mol. The number of ether oxygens (including phenoxy) is 1. The molecule has 1 aromatic carbocycles. The third-order valence-corrected chi connectivity index (χ3v) is 3.24. The van der Waals surface area contributed by atoms with Crippen molar-refractivity contribution in [2.24, 2.45) is 0 Å². The molecule has 0 bridgehead atoms. The molecule has 0 amide bonds. The lowest BCUT2D eigenvalue weighted by Crippen LogP contribution is -2.47. The van der Waals surface area contributed by atoms with Gasteiger partial charge in [0.15, 0.2) is 0 Å². The molecular formula is C13H16F4N2O. The van der Waals surface area contributed by atoms with Crippen molar-refractivity contribution in [3.8, 4) is 5.75 Å². The van der Waals surface area contributed by atoms with E-state index < -0.39 is 19.1 Å². The lowest BCUT2D eigenvalue weighted by atomic mass is 10.0. The van der Waals surface area contributed by atoms with Gasteiger partial charge in [-0.2, -0.15) is 8.78 Å². The first-order valence-corrected chi connectivity index (χ1v) is 6.36. The van der Waals surface area contributed by atoms with Crippen LogP contribution in [0.15, 0.2) is 24.3 Å². The first-order valence-electron chi connectivity index (χ1n) is 6.36. The Bertz CT molecular complexity index is 425. The molecule has 0 saturated carbocycles. The Hall–Kier alpha value is -1.34. The minimum atomic E-state index is -3.03. The van der Waals surface area contributed by atoms with Gasteiger partial charge in [0.2, 0.25) is 0 Å². The summed E-state index contributed by atoms with van der Waals surface area (Å²) in [6.45, 7) is -0.949. The summed E-state index contributed by atoms with van der Waals surface area (Å²) >= 11 is 0. The fourth-order valence-electron chi connectivity index (χ4n) is 2.38. The van der Waals surface area contributed by atoms with Gasteiger partial charge in [-0.15, -0.1) is 0 Å². The van der Waals surface area contributed by atoms with Gasteiger partial charge in [0.1, 0.15) is 5.75 Å². The summed E-state index contributed by atoms with van der Waals surface area (Å²) in [7, 11) is 0. The summed E-state index contributed by atoms with van der Waals surface area (Å²) < 4.78 is 55.9. The number of halogens is 4. The summed E-state index contributed by atoms with van der Waals surface area (Å²) in [6, 6.07) is 4.51. The number of nitrogens with zero attached hydrogens (tertiary/aromatic N) is 1. The van der Waals surface area contributed by atoms with Crippen LogP contribution in [0.1, 0.15) is 11.6 Å². The maximum absolute atomic E-state index is 13.4. The maximum Gasteiger partial charge on any atom is 0.387 e. The van der Waals surface area contributed by atoms with E-state index in [1.165, 1.54) is 18.2 Å². The number of rotatable bonds is 5. The van der Waals surface area contributed by atoms with E-state index in [1.807, 2.05) is 0 Å². The van der Waals surface area contributed by atoms with Gasteiger partial charge in [0.25, 0.3) is 6.43 Å². The fraction of sp³-hybridized carbons (Fsp3) is 0.538. The summed E-state index contributed by atoms with van der Waals surface area (Å²) in [4.78, 5) is 1.59. The van der Waals surface area contributed by atoms with Crippen molar-refractivity contribution in [3.63, 3.8) is 0 Å². The molecule has 20 heavy (non-hydrogen) atoms. The van der Waals surface area contributed by atoms with Crippen molar-refractivity contribution in [1.29, 1.82) is 0 Å². The van der Waals surface area contributed by atoms with Crippen molar-refractivity contribution >= 4 is 0 Å². The number of hydrogen-bond acceptors (Lipinski definition) is 3. The van der Waals surface area contributed by atoms with Crippen LogP contribution in [-0.2, 0) is 0 Å². The Labute approximate surface area is 114 Å². The maximum atomic E-state index is 13.4. The average Bonchev–Trinajstić information content (AvgIpc) is 2.41. The number of benzene rings is 1. The smallest absolute Gasteiger partial charge is 0.387 e. The highest BCUT2D eigenvalue weighted by Crippen LogP contribution is 2.34. The highest BCUT2D eigenvalue weighted by Gasteiger charge is 2.32. The molecule has 0 aromatic heterocycles. The molecule has 1 aromatic rings. The zero-order valence-electron chi connectivity index (χ0n) is 10.7. The zero-order chi connectivity index (χ0) is 14.5. The van der Waals surface area contributed by atoms with Crippen LogP contribution in [0.4, 0.5) is 17.6 Å². The molecule has 0 unspecified atom stereocenters. The van der Waals surface area contributed by atoms with Crippen LogP contribution in [0.2, 0.25) is 0 Å². The van der Waals surface area contributed by atoms with Crippen molar-refractivity contribution in [3.05, 3.63) is 29.8 Å². The number of hydrogen-bond donors (Lipinski definition) is 1. The van der Waals surface area contributed by atoms with Gasteiger partial charge in [0.05, 0.1) is 6.04 Å². The SMILES string of the molecule is FC(F)Oc1ccccc1[C@@H](C(F)F)N1CCNCC1. The van der Waals surface area contributed by atoms with Crippen LogP contribution < -0.4 is 10.1 Å². The summed E-state index contributed by atoms with van der Waals surface area (Å²) in [5, 5.41) is 3.07. The standard InChI is InChI=1S/C13H16F4N2O/c14-12(15)11(19-7-5-18-6-8-19)9-3-1-2-4-10(9)20-13(16)17/h1-4,11-13,18H,5-8H2/t11-/m0/s1. The van der Waals surface area contributed by atoms with Gasteiger partial charge in [-0.05, 0) is 6.07 Å². The second kappa shape index (κ2) is 6.90. The molecule has 0 aliphatic carbocycles. The predicted molar refractivity (Wildman–Crippen MR) is 66.3 cm³/mol. The third kappa shape index (κ3) is 3.61. The quantitative estimate of drug-likeness (QED) is 0.844. The van der Waals surface area contributed by atoms with Gasteiger partial charge in [0, 0.05) is 31.7 Å². The molecule has 1 atom stereocenters. The lowest BCUT2D eigenvalue weighted by Gasteiger charge is -2.35. The van der Waals surface area contributed by atoms with E-state index in [1.54, 1.807) is 11.0 Å². The molecule has 2 rings (SSSR count). The van der Waals surface area contributed by atoms with E-state index in [2.05, 4.69) is 10.1 Å². The zero-order valence-corrected chi connectivity index (χ0v) is 10.7. The van der Waals surface area contributed by atoms with E-state index in [0.717, 1.165) is 0 Å². The largest absolute Gasteiger partial charge is 0.434 e. The lowest BCUT2D eigenvalue weighted by molar-refractivity contribution is -0.0534. The van der Waals surface area contributed by atoms with Crippen LogP contribution in [0.25, 0.3) is 0 Å². The second-order valence-electron chi connectivity index (χ2n) is 4.48. The summed E-state index contributed by atoms with van der Waals surface area (Å²) in [5.41, 5.74) is 0.102. The number of piperazine rings is 1. The minimum absolute atomic E-state index is 0.102. The Kier molecular flexibility index (Phi) is 5.19. The van der Waals surface area contributed by atoms with E-state index in [9.17, 15) is 17.6 Å². The molecule has 0 spiro atoms. The molecule has 1 heterocycles. The molecule has 1 aliphatic heterocycles. The Morgan fingerprint density at radius 2 is 1.70 bits per heavy atom. The Morgan fingerprint density at radius 1 is 1.05 bits per heavy atom. The van der Waals surface area contributed by atoms with Gasteiger partial charge < -0.3 is 10.1 Å². The van der Waals surface area contributed by atoms with Gasteiger partial charge >= 0.3 is 6.61 Å². The molecule has 112 valence electrons.